The average Bonchev–Trinajstić information content (AvgIpc) is 3.75. The third kappa shape index (κ3) is 15.1. The van der Waals surface area contributed by atoms with Gasteiger partial charge in [0.05, 0.1) is 57.1 Å². The van der Waals surface area contributed by atoms with Crippen LogP contribution in [0.4, 0.5) is 5.13 Å². The highest BCUT2D eigenvalue weighted by Gasteiger charge is 2.20. The van der Waals surface area contributed by atoms with Gasteiger partial charge in [-0.2, -0.15) is 5.10 Å². The SMILES string of the molecule is C=CC(=O)OCCCOC(=O)/C=C/c1ccc(C(=O)Oc2ccc(OC(=O)c3ccc(/C=C/C(=O)OCCCOC(O)C=C)cc3OC)cc2/C=N/Nc2nc3ccccc3s2)c(OC)c1. The van der Waals surface area contributed by atoms with E-state index in [0.29, 0.717) is 29.1 Å². The second-order valence-corrected chi connectivity index (χ2v) is 14.4. The van der Waals surface area contributed by atoms with Crippen molar-refractivity contribution in [1.82, 2.24) is 4.98 Å². The van der Waals surface area contributed by atoms with Crippen LogP contribution in [0.3, 0.4) is 0 Å². The van der Waals surface area contributed by atoms with Crippen molar-refractivity contribution in [2.45, 2.75) is 19.1 Å². The number of fused-ring (bicyclic) bond motifs is 1. The van der Waals surface area contributed by atoms with Crippen LogP contribution in [0.1, 0.15) is 50.2 Å². The van der Waals surface area contributed by atoms with E-state index in [1.54, 1.807) is 18.2 Å². The lowest BCUT2D eigenvalue weighted by Crippen LogP contribution is -2.13. The highest BCUT2D eigenvalue weighted by atomic mass is 32.1. The van der Waals surface area contributed by atoms with Gasteiger partial charge >= 0.3 is 29.8 Å². The predicted octanol–water partition coefficient (Wildman–Crippen LogP) is 7.34. The van der Waals surface area contributed by atoms with Crippen LogP contribution in [0.2, 0.25) is 0 Å². The summed E-state index contributed by atoms with van der Waals surface area (Å²) < 4.78 is 43.6. The quantitative estimate of drug-likeness (QED) is 0.00712. The zero-order valence-corrected chi connectivity index (χ0v) is 36.7. The van der Waals surface area contributed by atoms with Gasteiger partial charge in [-0.3, -0.25) is 5.43 Å². The molecule has 0 saturated carbocycles. The summed E-state index contributed by atoms with van der Waals surface area (Å²) in [6.45, 7) is 7.07. The van der Waals surface area contributed by atoms with Gasteiger partial charge in [0.2, 0.25) is 5.13 Å². The Morgan fingerprint density at radius 1 is 0.727 bits per heavy atom. The predicted molar refractivity (Wildman–Crippen MR) is 246 cm³/mol. The molecule has 1 heterocycles. The van der Waals surface area contributed by atoms with Crippen molar-refractivity contribution in [3.05, 3.63) is 144 Å². The van der Waals surface area contributed by atoms with Gasteiger partial charge < -0.3 is 43.0 Å². The number of aromatic nitrogens is 1. The molecule has 2 N–H and O–H groups in total. The monoisotopic (exact) mass is 919 g/mol. The molecule has 4 aromatic carbocycles. The summed E-state index contributed by atoms with van der Waals surface area (Å²) in [5.41, 5.74) is 5.09. The Hall–Kier alpha value is -7.93. The molecule has 0 aliphatic heterocycles. The third-order valence-corrected chi connectivity index (χ3v) is 9.68. The van der Waals surface area contributed by atoms with Crippen molar-refractivity contribution in [3.63, 3.8) is 0 Å². The standard InChI is InChI=1S/C48H45N3O14S/c1-5-42(52)60-23-9-25-62-44(54)21-15-31-13-18-35(39(27-31)58-3)46(56)64-34-17-20-38(33(29-34)30-49-51-48-50-37-11-7-8-12-41(37)66-48)65-47(57)36-19-14-32(28-40(36)59-4)16-22-45(55)63-26-10-24-61-43(53)6-2/h5-8,11-22,27-30,42,52H,1-2,9-10,23-26H2,3-4H3,(H,50,51)/b21-15+,22-16+,49-30+. The lowest BCUT2D eigenvalue weighted by molar-refractivity contribution is -0.140. The molecule has 0 fully saturated rings. The fraction of sp³-hybridized carbons (Fsp3) is 0.188. The van der Waals surface area contributed by atoms with E-state index in [1.165, 1.54) is 98.5 Å². The largest absolute Gasteiger partial charge is 0.496 e. The molecule has 0 amide bonds. The molecule has 0 bridgehead atoms. The number of methoxy groups -OCH3 is 2. The van der Waals surface area contributed by atoms with E-state index < -0.39 is 36.1 Å². The van der Waals surface area contributed by atoms with Crippen LogP contribution in [-0.4, -0.2) is 93.1 Å². The molecule has 0 aliphatic rings. The molecular formula is C48H45N3O14S. The fourth-order valence-electron chi connectivity index (χ4n) is 5.53. The summed E-state index contributed by atoms with van der Waals surface area (Å²) in [6, 6.07) is 21.1. The lowest BCUT2D eigenvalue weighted by atomic mass is 10.1. The first-order chi connectivity index (χ1) is 32.0. The second kappa shape index (κ2) is 25.4. The first-order valence-corrected chi connectivity index (χ1v) is 20.8. The molecule has 5 rings (SSSR count). The normalized spacial score (nSPS) is 11.6. The van der Waals surface area contributed by atoms with Crippen LogP contribution >= 0.6 is 11.3 Å². The lowest BCUT2D eigenvalue weighted by Gasteiger charge is -2.13. The highest BCUT2D eigenvalue weighted by molar-refractivity contribution is 7.22. The van der Waals surface area contributed by atoms with Gasteiger partial charge in [-0.15, -0.1) is 0 Å². The van der Waals surface area contributed by atoms with Crippen molar-refractivity contribution in [3.8, 4) is 23.0 Å². The van der Waals surface area contributed by atoms with Crippen molar-refractivity contribution < 1.29 is 67.0 Å². The Labute approximate surface area is 383 Å². The molecule has 1 unspecified atom stereocenters. The first-order valence-electron chi connectivity index (χ1n) is 20.0. The number of carbonyl (C=O) groups is 5. The van der Waals surface area contributed by atoms with Gasteiger partial charge in [0, 0.05) is 36.6 Å². The molecule has 5 aromatic rings. The summed E-state index contributed by atoms with van der Waals surface area (Å²) in [7, 11) is 2.75. The maximum Gasteiger partial charge on any atom is 0.347 e. The van der Waals surface area contributed by atoms with Gasteiger partial charge in [0.1, 0.15) is 34.1 Å². The van der Waals surface area contributed by atoms with Gasteiger partial charge in [-0.1, -0.05) is 48.8 Å². The number of benzene rings is 4. The topological polar surface area (TPSA) is 217 Å². The molecule has 18 heteroatoms. The zero-order valence-electron chi connectivity index (χ0n) is 35.8. The summed E-state index contributed by atoms with van der Waals surface area (Å²) in [5, 5.41) is 14.2. The van der Waals surface area contributed by atoms with Crippen molar-refractivity contribution in [1.29, 1.82) is 0 Å². The molecule has 342 valence electrons. The van der Waals surface area contributed by atoms with Crippen LogP contribution in [0.5, 0.6) is 23.0 Å². The fourth-order valence-corrected chi connectivity index (χ4v) is 6.35. The van der Waals surface area contributed by atoms with E-state index in [-0.39, 0.29) is 66.1 Å². The summed E-state index contributed by atoms with van der Waals surface area (Å²) in [6.07, 6.45) is 8.63. The van der Waals surface area contributed by atoms with Crippen molar-refractivity contribution >= 4 is 74.9 Å². The molecule has 0 aliphatic carbocycles. The Balaban J connectivity index is 1.28. The van der Waals surface area contributed by atoms with E-state index in [1.807, 2.05) is 24.3 Å². The molecule has 0 radical (unpaired) electrons. The minimum absolute atomic E-state index is 0.0308. The number of anilines is 1. The Morgan fingerprint density at radius 2 is 1.32 bits per heavy atom. The number of rotatable bonds is 24. The number of hydrogen-bond donors (Lipinski definition) is 2. The third-order valence-electron chi connectivity index (χ3n) is 8.73. The number of thiazole rings is 1. The highest BCUT2D eigenvalue weighted by Crippen LogP contribution is 2.30. The van der Waals surface area contributed by atoms with E-state index in [9.17, 15) is 29.1 Å². The molecule has 1 aromatic heterocycles. The Bertz CT molecular complexity index is 2600. The number of esters is 5. The van der Waals surface area contributed by atoms with Crippen LogP contribution in [0.15, 0.2) is 121 Å². The van der Waals surface area contributed by atoms with Gasteiger partial charge in [-0.25, -0.2) is 29.0 Å². The molecular weight excluding hydrogens is 875 g/mol. The number of nitrogens with one attached hydrogen (secondary N) is 1. The first kappa shape index (κ1) is 49.1. The number of carbonyl (C=O) groups excluding carboxylic acids is 5. The minimum atomic E-state index is -1.09. The summed E-state index contributed by atoms with van der Waals surface area (Å²) in [5.74, 6) is -2.93. The second-order valence-electron chi connectivity index (χ2n) is 13.3. The van der Waals surface area contributed by atoms with Crippen LogP contribution < -0.4 is 24.4 Å². The Kier molecular flexibility index (Phi) is 18.9. The number of aliphatic hydroxyl groups is 1. The molecule has 66 heavy (non-hydrogen) atoms. The van der Waals surface area contributed by atoms with E-state index >= 15 is 0 Å². The van der Waals surface area contributed by atoms with Crippen molar-refractivity contribution in [2.24, 2.45) is 5.10 Å². The van der Waals surface area contributed by atoms with E-state index in [0.717, 1.165) is 16.3 Å². The average molecular weight is 920 g/mol. The van der Waals surface area contributed by atoms with Gasteiger partial charge in [0.25, 0.3) is 0 Å². The van der Waals surface area contributed by atoms with Crippen LogP contribution in [0, 0.1) is 0 Å². The maximum atomic E-state index is 13.6. The minimum Gasteiger partial charge on any atom is -0.496 e. The van der Waals surface area contributed by atoms with Gasteiger partial charge in [0.15, 0.2) is 6.29 Å². The van der Waals surface area contributed by atoms with E-state index in [2.05, 4.69) is 28.7 Å². The molecule has 0 saturated heterocycles. The Morgan fingerprint density at radius 3 is 1.91 bits per heavy atom. The van der Waals surface area contributed by atoms with Crippen LogP contribution in [-0.2, 0) is 33.3 Å². The zero-order chi connectivity index (χ0) is 47.3. The van der Waals surface area contributed by atoms with E-state index in [4.69, 9.17) is 37.9 Å². The molecule has 1 atom stereocenters. The number of para-hydroxylation sites is 1. The number of nitrogens with zero attached hydrogens (tertiary/aromatic N) is 2. The maximum absolute atomic E-state index is 13.6. The number of ether oxygens (including phenoxy) is 8. The number of hydrazone groups is 1. The number of hydrogen-bond acceptors (Lipinski definition) is 18. The van der Waals surface area contributed by atoms with Gasteiger partial charge in [-0.05, 0) is 84.0 Å². The van der Waals surface area contributed by atoms with Crippen molar-refractivity contribution in [2.75, 3.05) is 46.1 Å². The number of aliphatic hydroxyl groups excluding tert-OH is 1. The molecule has 17 nitrogen and oxygen atoms in total. The summed E-state index contributed by atoms with van der Waals surface area (Å²) >= 11 is 1.38. The molecule has 0 spiro atoms. The van der Waals surface area contributed by atoms with Crippen LogP contribution in [0.25, 0.3) is 22.4 Å². The smallest absolute Gasteiger partial charge is 0.347 e. The summed E-state index contributed by atoms with van der Waals surface area (Å²) in [4.78, 5) is 67.2.